The number of thiophene rings is 1. The molecule has 0 radical (unpaired) electrons. The number of rotatable bonds is 8. The maximum atomic E-state index is 12.3. The quantitative estimate of drug-likeness (QED) is 0.720. The average molecular weight is 375 g/mol. The molecular formula is C16H26N2O4S2. The van der Waals surface area contributed by atoms with Crippen LogP contribution in [0.5, 0.6) is 0 Å². The lowest BCUT2D eigenvalue weighted by molar-refractivity contribution is -0.126. The van der Waals surface area contributed by atoms with E-state index in [1.165, 1.54) is 15.4 Å². The number of nitrogens with one attached hydrogen (secondary N) is 1. The van der Waals surface area contributed by atoms with Gasteiger partial charge in [0.05, 0.1) is 6.26 Å². The first-order chi connectivity index (χ1) is 11.4. The first-order valence-corrected chi connectivity index (χ1v) is 11.0. The van der Waals surface area contributed by atoms with Crippen molar-refractivity contribution in [3.05, 3.63) is 22.4 Å². The van der Waals surface area contributed by atoms with Gasteiger partial charge in [0.1, 0.15) is 0 Å². The highest BCUT2D eigenvalue weighted by Gasteiger charge is 2.28. The third-order valence-electron chi connectivity index (χ3n) is 4.51. The van der Waals surface area contributed by atoms with Crippen molar-refractivity contribution in [2.45, 2.75) is 31.6 Å². The van der Waals surface area contributed by atoms with E-state index in [2.05, 4.69) is 11.4 Å². The highest BCUT2D eigenvalue weighted by molar-refractivity contribution is 7.88. The summed E-state index contributed by atoms with van der Waals surface area (Å²) in [5.41, 5.74) is 0. The third kappa shape index (κ3) is 5.54. The van der Waals surface area contributed by atoms with Gasteiger partial charge in [-0.2, -0.15) is 0 Å². The summed E-state index contributed by atoms with van der Waals surface area (Å²) in [6, 6.07) is 4.06. The standard InChI is InChI=1S/C16H26N2O4S2/c1-24(21,22)18-9-5-14(6-10-18)16(20)17-8-4-13(7-11-19)15-3-2-12-23-15/h2-3,12-14,19H,4-11H2,1H3,(H,17,20). The predicted octanol–water partition coefficient (Wildman–Crippen LogP) is 1.39. The van der Waals surface area contributed by atoms with Crippen LogP contribution in [-0.4, -0.2) is 56.2 Å². The summed E-state index contributed by atoms with van der Waals surface area (Å²) >= 11 is 1.67. The van der Waals surface area contributed by atoms with E-state index in [-0.39, 0.29) is 24.3 Å². The lowest BCUT2D eigenvalue weighted by Gasteiger charge is -2.29. The molecule has 1 aliphatic heterocycles. The predicted molar refractivity (Wildman–Crippen MR) is 95.5 cm³/mol. The molecule has 0 spiro atoms. The Bertz CT molecular complexity index is 608. The van der Waals surface area contributed by atoms with Crippen LogP contribution in [0.4, 0.5) is 0 Å². The number of nitrogens with zero attached hydrogens (tertiary/aromatic N) is 1. The molecule has 1 aliphatic rings. The molecular weight excluding hydrogens is 348 g/mol. The molecule has 0 saturated carbocycles. The molecule has 2 heterocycles. The largest absolute Gasteiger partial charge is 0.396 e. The van der Waals surface area contributed by atoms with Crippen molar-refractivity contribution in [3.8, 4) is 0 Å². The van der Waals surface area contributed by atoms with Crippen LogP contribution < -0.4 is 5.32 Å². The lowest BCUT2D eigenvalue weighted by atomic mass is 9.96. The Kier molecular flexibility index (Phi) is 7.21. The minimum atomic E-state index is -3.16. The fourth-order valence-corrected chi connectivity index (χ4v) is 4.85. The Labute approximate surface area is 147 Å². The van der Waals surface area contributed by atoms with Gasteiger partial charge in [-0.25, -0.2) is 12.7 Å². The zero-order chi connectivity index (χ0) is 17.6. The molecule has 0 aliphatic carbocycles. The summed E-state index contributed by atoms with van der Waals surface area (Å²) < 4.78 is 24.4. The van der Waals surface area contributed by atoms with E-state index < -0.39 is 10.0 Å². The minimum absolute atomic E-state index is 0.0112. The second kappa shape index (κ2) is 8.94. The highest BCUT2D eigenvalue weighted by Crippen LogP contribution is 2.27. The Hall–Kier alpha value is -0.960. The van der Waals surface area contributed by atoms with Crippen molar-refractivity contribution >= 4 is 27.3 Å². The van der Waals surface area contributed by atoms with Crippen LogP contribution in [0.15, 0.2) is 17.5 Å². The number of hydrogen-bond donors (Lipinski definition) is 2. The maximum Gasteiger partial charge on any atom is 0.223 e. The van der Waals surface area contributed by atoms with Crippen LogP contribution in [0.3, 0.4) is 0 Å². The second-order valence-corrected chi connectivity index (χ2v) is 9.20. The molecule has 1 saturated heterocycles. The van der Waals surface area contributed by atoms with Gasteiger partial charge in [-0.15, -0.1) is 11.3 Å². The average Bonchev–Trinajstić information content (AvgIpc) is 3.07. The molecule has 136 valence electrons. The molecule has 2 rings (SSSR count). The number of piperidine rings is 1. The molecule has 1 fully saturated rings. The van der Waals surface area contributed by atoms with Gasteiger partial charge in [-0.3, -0.25) is 4.79 Å². The van der Waals surface area contributed by atoms with Crippen LogP contribution in [0.25, 0.3) is 0 Å². The molecule has 1 atom stereocenters. The van der Waals surface area contributed by atoms with Crippen molar-refractivity contribution in [2.24, 2.45) is 5.92 Å². The van der Waals surface area contributed by atoms with Crippen LogP contribution in [0.1, 0.15) is 36.5 Å². The van der Waals surface area contributed by atoms with Crippen molar-refractivity contribution < 1.29 is 18.3 Å². The van der Waals surface area contributed by atoms with Gasteiger partial charge in [0.15, 0.2) is 0 Å². The zero-order valence-electron chi connectivity index (χ0n) is 14.0. The Morgan fingerprint density at radius 2 is 2.12 bits per heavy atom. The van der Waals surface area contributed by atoms with E-state index in [4.69, 9.17) is 0 Å². The SMILES string of the molecule is CS(=O)(=O)N1CCC(C(=O)NCCC(CCO)c2cccs2)CC1. The van der Waals surface area contributed by atoms with Gasteiger partial charge in [0.25, 0.3) is 0 Å². The summed E-state index contributed by atoms with van der Waals surface area (Å²) in [6.45, 7) is 1.55. The fraction of sp³-hybridized carbons (Fsp3) is 0.688. The minimum Gasteiger partial charge on any atom is -0.396 e. The number of aliphatic hydroxyl groups excluding tert-OH is 1. The van der Waals surface area contributed by atoms with Crippen LogP contribution in [-0.2, 0) is 14.8 Å². The van der Waals surface area contributed by atoms with Gasteiger partial charge in [0, 0.05) is 37.0 Å². The topological polar surface area (TPSA) is 86.7 Å². The maximum absolute atomic E-state index is 12.3. The van der Waals surface area contributed by atoms with E-state index in [0.29, 0.717) is 38.9 Å². The van der Waals surface area contributed by atoms with Crippen molar-refractivity contribution in [1.29, 1.82) is 0 Å². The number of sulfonamides is 1. The summed E-state index contributed by atoms with van der Waals surface area (Å²) in [5, 5.41) is 14.2. The number of aliphatic hydroxyl groups is 1. The summed E-state index contributed by atoms with van der Waals surface area (Å²) in [7, 11) is -3.16. The fourth-order valence-electron chi connectivity index (χ4n) is 3.07. The van der Waals surface area contributed by atoms with Crippen molar-refractivity contribution in [3.63, 3.8) is 0 Å². The first-order valence-electron chi connectivity index (χ1n) is 8.29. The number of carbonyl (C=O) groups excluding carboxylic acids is 1. The normalized spacial score (nSPS) is 18.4. The van der Waals surface area contributed by atoms with Crippen LogP contribution in [0, 0.1) is 5.92 Å². The number of carbonyl (C=O) groups is 1. The van der Waals surface area contributed by atoms with Crippen molar-refractivity contribution in [2.75, 3.05) is 32.5 Å². The summed E-state index contributed by atoms with van der Waals surface area (Å²) in [5.74, 6) is 0.167. The molecule has 1 aromatic rings. The van der Waals surface area contributed by atoms with Crippen LogP contribution in [0.2, 0.25) is 0 Å². The van der Waals surface area contributed by atoms with E-state index in [9.17, 15) is 18.3 Å². The third-order valence-corrected chi connectivity index (χ3v) is 6.85. The zero-order valence-corrected chi connectivity index (χ0v) is 15.6. The van der Waals surface area contributed by atoms with Gasteiger partial charge >= 0.3 is 0 Å². The van der Waals surface area contributed by atoms with Crippen molar-refractivity contribution in [1.82, 2.24) is 9.62 Å². The summed E-state index contributed by atoms with van der Waals surface area (Å²) in [4.78, 5) is 13.5. The molecule has 1 unspecified atom stereocenters. The van der Waals surface area contributed by atoms with E-state index in [0.717, 1.165) is 6.42 Å². The molecule has 2 N–H and O–H groups in total. The monoisotopic (exact) mass is 374 g/mol. The molecule has 1 aromatic heterocycles. The summed E-state index contributed by atoms with van der Waals surface area (Å²) in [6.07, 6.45) is 3.85. The lowest BCUT2D eigenvalue weighted by Crippen LogP contribution is -2.42. The second-order valence-electron chi connectivity index (χ2n) is 6.24. The van der Waals surface area contributed by atoms with Gasteiger partial charge < -0.3 is 10.4 Å². The number of hydrogen-bond acceptors (Lipinski definition) is 5. The Balaban J connectivity index is 1.75. The Morgan fingerprint density at radius 1 is 1.42 bits per heavy atom. The van der Waals surface area contributed by atoms with E-state index >= 15 is 0 Å². The molecule has 8 heteroatoms. The van der Waals surface area contributed by atoms with Gasteiger partial charge in [-0.1, -0.05) is 6.07 Å². The molecule has 1 amide bonds. The number of amides is 1. The molecule has 0 aromatic carbocycles. The van der Waals surface area contributed by atoms with Gasteiger partial charge in [-0.05, 0) is 43.0 Å². The van der Waals surface area contributed by atoms with E-state index in [1.807, 2.05) is 11.4 Å². The van der Waals surface area contributed by atoms with Gasteiger partial charge in [0.2, 0.25) is 15.9 Å². The molecule has 24 heavy (non-hydrogen) atoms. The first kappa shape index (κ1) is 19.4. The molecule has 6 nitrogen and oxygen atoms in total. The molecule has 0 bridgehead atoms. The van der Waals surface area contributed by atoms with Crippen LogP contribution >= 0.6 is 11.3 Å². The highest BCUT2D eigenvalue weighted by atomic mass is 32.2. The Morgan fingerprint density at radius 3 is 2.67 bits per heavy atom. The smallest absolute Gasteiger partial charge is 0.223 e. The van der Waals surface area contributed by atoms with E-state index in [1.54, 1.807) is 11.3 Å².